The van der Waals surface area contributed by atoms with E-state index in [1.54, 1.807) is 14.1 Å². The van der Waals surface area contributed by atoms with E-state index in [-0.39, 0.29) is 11.9 Å². The van der Waals surface area contributed by atoms with Crippen molar-refractivity contribution in [3.63, 3.8) is 0 Å². The van der Waals surface area contributed by atoms with Crippen molar-refractivity contribution in [1.82, 2.24) is 40.4 Å². The molecule has 10 nitrogen and oxygen atoms in total. The average Bonchev–Trinajstić information content (AvgIpc) is 2.72. The predicted octanol–water partition coefficient (Wildman–Crippen LogP) is -0.851. The van der Waals surface area contributed by atoms with E-state index in [9.17, 15) is 0 Å². The van der Waals surface area contributed by atoms with E-state index >= 15 is 0 Å². The molecule has 0 atom stereocenters. The van der Waals surface area contributed by atoms with E-state index in [0.717, 1.165) is 0 Å². The van der Waals surface area contributed by atoms with Crippen LogP contribution in [-0.4, -0.2) is 40.4 Å². The van der Waals surface area contributed by atoms with E-state index in [1.807, 2.05) is 0 Å². The summed E-state index contributed by atoms with van der Waals surface area (Å²) in [5.41, 5.74) is 0. The zero-order valence-electron chi connectivity index (χ0n) is 7.47. The number of hydrogen-bond donors (Lipinski definition) is 0. The molecule has 0 amide bonds. The van der Waals surface area contributed by atoms with Gasteiger partial charge >= 0.3 is 11.9 Å². The van der Waals surface area contributed by atoms with Gasteiger partial charge in [0.1, 0.15) is 0 Å². The number of nitrogens with zero attached hydrogens (tertiary/aromatic N) is 10. The van der Waals surface area contributed by atoms with Crippen LogP contribution in [0.25, 0.3) is 0 Å². The van der Waals surface area contributed by atoms with Crippen LogP contribution in [0.1, 0.15) is 0 Å². The lowest BCUT2D eigenvalue weighted by Crippen LogP contribution is -1.91. The van der Waals surface area contributed by atoms with Gasteiger partial charge in [-0.2, -0.15) is 9.59 Å². The molecule has 2 rings (SSSR count). The summed E-state index contributed by atoms with van der Waals surface area (Å²) in [5, 5.41) is 29.2. The van der Waals surface area contributed by atoms with Gasteiger partial charge in [0.25, 0.3) is 0 Å². The molecule has 2 aromatic heterocycles. The molecule has 72 valence electrons. The molecule has 2 heterocycles. The van der Waals surface area contributed by atoms with Crippen LogP contribution in [0.3, 0.4) is 0 Å². The van der Waals surface area contributed by atoms with E-state index < -0.39 is 0 Å². The Labute approximate surface area is 77.6 Å². The van der Waals surface area contributed by atoms with Crippen LogP contribution in [0, 0.1) is 0 Å². The second-order valence-corrected chi connectivity index (χ2v) is 2.36. The Morgan fingerprint density at radius 3 is 1.57 bits per heavy atom. The highest BCUT2D eigenvalue weighted by Crippen LogP contribution is 2.05. The van der Waals surface area contributed by atoms with Crippen molar-refractivity contribution in [3.05, 3.63) is 0 Å². The van der Waals surface area contributed by atoms with Gasteiger partial charge in [-0.1, -0.05) is 10.2 Å². The lowest BCUT2D eigenvalue weighted by atomic mass is 11.1. The van der Waals surface area contributed by atoms with Crippen molar-refractivity contribution < 1.29 is 0 Å². The van der Waals surface area contributed by atoms with E-state index in [1.165, 1.54) is 9.59 Å². The van der Waals surface area contributed by atoms with Gasteiger partial charge in [0, 0.05) is 0 Å². The van der Waals surface area contributed by atoms with Gasteiger partial charge in [-0.05, 0) is 10.4 Å². The lowest BCUT2D eigenvalue weighted by molar-refractivity contribution is 0.629. The molecule has 0 saturated heterocycles. The summed E-state index contributed by atoms with van der Waals surface area (Å²) in [6, 6.07) is 0. The first-order valence-corrected chi connectivity index (χ1v) is 3.64. The van der Waals surface area contributed by atoms with Crippen LogP contribution in [0.15, 0.2) is 10.2 Å². The Hall–Kier alpha value is -2.26. The summed E-state index contributed by atoms with van der Waals surface area (Å²) >= 11 is 0. The molecular formula is C4H6N10. The number of tetrazole rings is 2. The second kappa shape index (κ2) is 3.24. The molecule has 10 heteroatoms. The van der Waals surface area contributed by atoms with E-state index in [4.69, 9.17) is 0 Å². The SMILES string of the molecule is Cn1nnc(/N=N\c2nnn(C)n2)n1. The summed E-state index contributed by atoms with van der Waals surface area (Å²) in [7, 11) is 3.26. The van der Waals surface area contributed by atoms with Gasteiger partial charge < -0.3 is 0 Å². The topological polar surface area (TPSA) is 112 Å². The molecule has 0 unspecified atom stereocenters. The van der Waals surface area contributed by atoms with E-state index in [2.05, 4.69) is 41.0 Å². The Bertz CT molecular complexity index is 408. The second-order valence-electron chi connectivity index (χ2n) is 2.36. The molecule has 0 N–H and O–H groups in total. The quantitative estimate of drug-likeness (QED) is 0.575. The normalized spacial score (nSPS) is 11.3. The first-order chi connectivity index (χ1) is 6.74. The summed E-state index contributed by atoms with van der Waals surface area (Å²) in [6.07, 6.45) is 0. The molecule has 0 aliphatic rings. The first kappa shape index (κ1) is 8.34. The van der Waals surface area contributed by atoms with Gasteiger partial charge in [0.15, 0.2) is 0 Å². The maximum absolute atomic E-state index is 3.78. The third-order valence-corrected chi connectivity index (χ3v) is 1.22. The fraction of sp³-hybridized carbons (Fsp3) is 0.500. The van der Waals surface area contributed by atoms with Crippen LogP contribution < -0.4 is 0 Å². The third kappa shape index (κ3) is 1.73. The number of azo groups is 1. The van der Waals surface area contributed by atoms with Crippen LogP contribution in [0.5, 0.6) is 0 Å². The average molecular weight is 194 g/mol. The maximum Gasteiger partial charge on any atom is 0.307 e. The van der Waals surface area contributed by atoms with Crippen molar-refractivity contribution in [2.75, 3.05) is 0 Å². The fourth-order valence-corrected chi connectivity index (χ4v) is 0.718. The third-order valence-electron chi connectivity index (χ3n) is 1.22. The lowest BCUT2D eigenvalue weighted by Gasteiger charge is -1.78. The molecule has 0 aromatic carbocycles. The van der Waals surface area contributed by atoms with Crippen LogP contribution in [0.2, 0.25) is 0 Å². The van der Waals surface area contributed by atoms with Crippen LogP contribution >= 0.6 is 0 Å². The van der Waals surface area contributed by atoms with Gasteiger partial charge in [-0.15, -0.1) is 20.4 Å². The van der Waals surface area contributed by atoms with Crippen molar-refractivity contribution in [3.8, 4) is 0 Å². The molecule has 0 aliphatic carbocycles. The van der Waals surface area contributed by atoms with Crippen molar-refractivity contribution >= 4 is 11.9 Å². The zero-order valence-corrected chi connectivity index (χ0v) is 7.47. The van der Waals surface area contributed by atoms with Crippen LogP contribution in [0.4, 0.5) is 11.9 Å². The highest BCUT2D eigenvalue weighted by molar-refractivity contribution is 5.11. The largest absolute Gasteiger partial charge is 0.307 e. The number of aryl methyl sites for hydroxylation is 2. The molecular weight excluding hydrogens is 188 g/mol. The van der Waals surface area contributed by atoms with Gasteiger partial charge in [-0.3, -0.25) is 0 Å². The fourth-order valence-electron chi connectivity index (χ4n) is 0.718. The molecule has 0 radical (unpaired) electrons. The first-order valence-electron chi connectivity index (χ1n) is 3.64. The van der Waals surface area contributed by atoms with Gasteiger partial charge in [0.05, 0.1) is 14.1 Å². The molecule has 0 spiro atoms. The standard InChI is InChI=1S/C4H6N10/c1-13-9-3(7-11-13)5-6-4-8-12-14(2)10-4/h1-2H3/b6-5-. The summed E-state index contributed by atoms with van der Waals surface area (Å²) in [4.78, 5) is 2.55. The molecule has 2 aromatic rings. The Balaban J connectivity index is 2.14. The Morgan fingerprint density at radius 1 is 0.857 bits per heavy atom. The van der Waals surface area contributed by atoms with Crippen LogP contribution in [-0.2, 0) is 14.1 Å². The Morgan fingerprint density at radius 2 is 1.29 bits per heavy atom. The number of hydrogen-bond acceptors (Lipinski definition) is 8. The van der Waals surface area contributed by atoms with Crippen molar-refractivity contribution in [2.45, 2.75) is 0 Å². The summed E-state index contributed by atoms with van der Waals surface area (Å²) in [5.74, 6) is 0.305. The van der Waals surface area contributed by atoms with E-state index in [0.29, 0.717) is 0 Å². The summed E-state index contributed by atoms with van der Waals surface area (Å²) < 4.78 is 0. The molecule has 0 saturated carbocycles. The van der Waals surface area contributed by atoms with Crippen molar-refractivity contribution in [1.29, 1.82) is 0 Å². The van der Waals surface area contributed by atoms with Gasteiger partial charge in [-0.25, -0.2) is 0 Å². The number of aromatic nitrogens is 8. The molecule has 14 heavy (non-hydrogen) atoms. The minimum Gasteiger partial charge on any atom is -0.165 e. The van der Waals surface area contributed by atoms with Crippen molar-refractivity contribution in [2.24, 2.45) is 24.3 Å². The minimum absolute atomic E-state index is 0.153. The molecule has 0 aliphatic heterocycles. The Kier molecular flexibility index (Phi) is 1.93. The molecule has 0 bridgehead atoms. The zero-order chi connectivity index (χ0) is 9.97. The highest BCUT2D eigenvalue weighted by atomic mass is 15.6. The summed E-state index contributed by atoms with van der Waals surface area (Å²) in [6.45, 7) is 0. The smallest absolute Gasteiger partial charge is 0.165 e. The molecule has 0 fully saturated rings. The predicted molar refractivity (Wildman–Crippen MR) is 41.8 cm³/mol. The minimum atomic E-state index is 0.153. The van der Waals surface area contributed by atoms with Gasteiger partial charge in [0.2, 0.25) is 0 Å². The monoisotopic (exact) mass is 194 g/mol. The highest BCUT2D eigenvalue weighted by Gasteiger charge is 1.99. The maximum atomic E-state index is 3.78. The number of rotatable bonds is 2.